The van der Waals surface area contributed by atoms with Crippen molar-refractivity contribution in [1.29, 1.82) is 0 Å². The summed E-state index contributed by atoms with van der Waals surface area (Å²) in [5.74, 6) is 1.42. The first kappa shape index (κ1) is 20.2. The maximum atomic E-state index is 12.2. The number of hydrogen-bond donors (Lipinski definition) is 2. The van der Waals surface area contributed by atoms with Gasteiger partial charge in [0.05, 0.1) is 0 Å². The molecule has 5 nitrogen and oxygen atoms in total. The molecule has 0 saturated carbocycles. The fraction of sp³-hybridized carbons (Fsp3) is 0.435. The largest absolute Gasteiger partial charge is 0.483 e. The molecule has 0 bridgehead atoms. The van der Waals surface area contributed by atoms with E-state index in [1.165, 1.54) is 5.56 Å². The molecule has 0 saturated heterocycles. The van der Waals surface area contributed by atoms with Gasteiger partial charge in [0.2, 0.25) is 0 Å². The number of fused-ring (bicyclic) bond motifs is 1. The van der Waals surface area contributed by atoms with Gasteiger partial charge in [0.25, 0.3) is 5.91 Å². The average molecular weight is 383 g/mol. The zero-order valence-corrected chi connectivity index (χ0v) is 16.6. The number of aliphatic hydroxyl groups is 1. The molecule has 1 aliphatic heterocycles. The van der Waals surface area contributed by atoms with Crippen LogP contribution in [0.15, 0.2) is 48.5 Å². The maximum absolute atomic E-state index is 12.2. The van der Waals surface area contributed by atoms with E-state index in [1.807, 2.05) is 50.2 Å². The number of amides is 1. The molecule has 2 aromatic carbocycles. The van der Waals surface area contributed by atoms with Crippen molar-refractivity contribution >= 4 is 5.91 Å². The third-order valence-corrected chi connectivity index (χ3v) is 4.98. The number of aliphatic hydroxyl groups excluding tert-OH is 1. The fourth-order valence-corrected chi connectivity index (χ4v) is 3.64. The molecule has 1 amide bonds. The Labute approximate surface area is 166 Å². The van der Waals surface area contributed by atoms with Gasteiger partial charge in [-0.25, -0.2) is 0 Å². The fourth-order valence-electron chi connectivity index (χ4n) is 3.64. The Kier molecular flexibility index (Phi) is 6.57. The number of carbonyl (C=O) groups excluding carboxylic acids is 1. The number of rotatable bonds is 9. The van der Waals surface area contributed by atoms with Crippen LogP contribution in [0.3, 0.4) is 0 Å². The van der Waals surface area contributed by atoms with Crippen LogP contribution in [0.2, 0.25) is 0 Å². The molecular formula is C23H29NO4. The van der Waals surface area contributed by atoms with Gasteiger partial charge in [-0.1, -0.05) is 42.5 Å². The molecule has 1 unspecified atom stereocenters. The minimum atomic E-state index is -0.247. The second kappa shape index (κ2) is 9.11. The molecule has 3 rings (SSSR count). The normalized spacial score (nSPS) is 15.4. The summed E-state index contributed by atoms with van der Waals surface area (Å²) in [7, 11) is 0. The smallest absolute Gasteiger partial charge is 0.257 e. The molecule has 0 aliphatic carbocycles. The summed E-state index contributed by atoms with van der Waals surface area (Å²) < 4.78 is 11.7. The van der Waals surface area contributed by atoms with Crippen molar-refractivity contribution in [2.24, 2.45) is 0 Å². The van der Waals surface area contributed by atoms with E-state index in [2.05, 4.69) is 17.4 Å². The molecule has 2 N–H and O–H groups in total. The Balaban J connectivity index is 1.47. The van der Waals surface area contributed by atoms with Crippen LogP contribution in [0.4, 0.5) is 0 Å². The van der Waals surface area contributed by atoms with E-state index >= 15 is 0 Å². The summed E-state index contributed by atoms with van der Waals surface area (Å²) in [5, 5.41) is 12.2. The number of carbonyl (C=O) groups is 1. The number of benzene rings is 2. The minimum absolute atomic E-state index is 0.0454. The van der Waals surface area contributed by atoms with Crippen molar-refractivity contribution in [3.63, 3.8) is 0 Å². The second-order valence-electron chi connectivity index (χ2n) is 7.83. The molecule has 1 aliphatic rings. The minimum Gasteiger partial charge on any atom is -0.483 e. The first-order valence-electron chi connectivity index (χ1n) is 9.85. The average Bonchev–Trinajstić information content (AvgIpc) is 3.00. The topological polar surface area (TPSA) is 67.8 Å². The van der Waals surface area contributed by atoms with Crippen molar-refractivity contribution < 1.29 is 19.4 Å². The lowest BCUT2D eigenvalue weighted by atomic mass is 9.93. The molecule has 2 aromatic rings. The van der Waals surface area contributed by atoms with Crippen molar-refractivity contribution in [2.45, 2.75) is 44.6 Å². The van der Waals surface area contributed by atoms with Crippen LogP contribution in [0.25, 0.3) is 0 Å². The molecule has 28 heavy (non-hydrogen) atoms. The van der Waals surface area contributed by atoms with Gasteiger partial charge in [-0.05, 0) is 44.2 Å². The van der Waals surface area contributed by atoms with Gasteiger partial charge in [0.1, 0.15) is 5.60 Å². The van der Waals surface area contributed by atoms with Crippen LogP contribution < -0.4 is 14.8 Å². The molecular weight excluding hydrogens is 354 g/mol. The maximum Gasteiger partial charge on any atom is 0.257 e. The summed E-state index contributed by atoms with van der Waals surface area (Å²) in [5.41, 5.74) is 2.04. The Morgan fingerprint density at radius 2 is 1.96 bits per heavy atom. The Morgan fingerprint density at radius 3 is 2.71 bits per heavy atom. The highest BCUT2D eigenvalue weighted by Crippen LogP contribution is 2.41. The van der Waals surface area contributed by atoms with Gasteiger partial charge in [0, 0.05) is 25.1 Å². The predicted molar refractivity (Wildman–Crippen MR) is 109 cm³/mol. The van der Waals surface area contributed by atoms with Crippen LogP contribution in [0.5, 0.6) is 11.5 Å². The Hall–Kier alpha value is -2.53. The summed E-state index contributed by atoms with van der Waals surface area (Å²) >= 11 is 0. The third-order valence-electron chi connectivity index (χ3n) is 4.98. The lowest BCUT2D eigenvalue weighted by molar-refractivity contribution is -0.123. The first-order chi connectivity index (χ1) is 13.5. The molecule has 0 fully saturated rings. The van der Waals surface area contributed by atoms with Crippen LogP contribution in [-0.2, 0) is 11.2 Å². The molecule has 0 aromatic heterocycles. The van der Waals surface area contributed by atoms with E-state index in [4.69, 9.17) is 9.47 Å². The summed E-state index contributed by atoms with van der Waals surface area (Å²) in [4.78, 5) is 12.2. The van der Waals surface area contributed by atoms with Gasteiger partial charge in [-0.15, -0.1) is 0 Å². The van der Waals surface area contributed by atoms with Crippen LogP contribution in [-0.4, -0.2) is 36.4 Å². The quantitative estimate of drug-likeness (QED) is 0.696. The second-order valence-corrected chi connectivity index (χ2v) is 7.83. The molecule has 0 radical (unpaired) electrons. The van der Waals surface area contributed by atoms with E-state index in [-0.39, 0.29) is 30.6 Å². The third kappa shape index (κ3) is 5.26. The van der Waals surface area contributed by atoms with Crippen molar-refractivity contribution in [3.8, 4) is 11.5 Å². The lowest BCUT2D eigenvalue weighted by Gasteiger charge is -2.18. The number of ether oxygens (including phenoxy) is 2. The van der Waals surface area contributed by atoms with Crippen molar-refractivity contribution in [3.05, 3.63) is 59.7 Å². The Bertz CT molecular complexity index is 788. The van der Waals surface area contributed by atoms with Gasteiger partial charge in [-0.3, -0.25) is 4.79 Å². The van der Waals surface area contributed by atoms with E-state index in [0.29, 0.717) is 18.7 Å². The van der Waals surface area contributed by atoms with Gasteiger partial charge < -0.3 is 19.9 Å². The number of para-hydroxylation sites is 1. The van der Waals surface area contributed by atoms with Crippen LogP contribution in [0, 0.1) is 0 Å². The van der Waals surface area contributed by atoms with Crippen LogP contribution >= 0.6 is 0 Å². The molecule has 1 heterocycles. The number of hydrogen-bond acceptors (Lipinski definition) is 4. The monoisotopic (exact) mass is 383 g/mol. The van der Waals surface area contributed by atoms with Gasteiger partial charge in [0.15, 0.2) is 18.1 Å². The van der Waals surface area contributed by atoms with Crippen molar-refractivity contribution in [2.75, 3.05) is 19.8 Å². The summed E-state index contributed by atoms with van der Waals surface area (Å²) in [6.07, 6.45) is 2.28. The molecule has 5 heteroatoms. The zero-order chi connectivity index (χ0) is 20.0. The SMILES string of the molecule is CC1(C)Cc2cccc(OCC(=O)NCCC(CCO)c3ccccc3)c2O1. The van der Waals surface area contributed by atoms with E-state index in [0.717, 1.165) is 24.2 Å². The van der Waals surface area contributed by atoms with Gasteiger partial charge >= 0.3 is 0 Å². The van der Waals surface area contributed by atoms with Crippen molar-refractivity contribution in [1.82, 2.24) is 5.32 Å². The van der Waals surface area contributed by atoms with E-state index in [9.17, 15) is 9.90 Å². The molecule has 150 valence electrons. The number of nitrogens with one attached hydrogen (secondary N) is 1. The van der Waals surface area contributed by atoms with E-state index in [1.54, 1.807) is 0 Å². The highest BCUT2D eigenvalue weighted by Gasteiger charge is 2.32. The summed E-state index contributed by atoms with van der Waals surface area (Å²) in [6, 6.07) is 15.9. The predicted octanol–water partition coefficient (Wildman–Crippen LogP) is 3.45. The standard InChI is InChI=1S/C23H29NO4/c1-23(2)15-19-9-6-10-20(22(19)28-23)27-16-21(26)24-13-11-18(12-14-25)17-7-4-3-5-8-17/h3-10,18,25H,11-16H2,1-2H3,(H,24,26). The first-order valence-corrected chi connectivity index (χ1v) is 9.85. The van der Waals surface area contributed by atoms with E-state index < -0.39 is 0 Å². The molecule has 1 atom stereocenters. The lowest BCUT2D eigenvalue weighted by Crippen LogP contribution is -2.30. The highest BCUT2D eigenvalue weighted by molar-refractivity contribution is 5.77. The van der Waals surface area contributed by atoms with Gasteiger partial charge in [-0.2, -0.15) is 0 Å². The Morgan fingerprint density at radius 1 is 1.18 bits per heavy atom. The summed E-state index contributed by atoms with van der Waals surface area (Å²) in [6.45, 7) is 4.71. The zero-order valence-electron chi connectivity index (χ0n) is 16.6. The highest BCUT2D eigenvalue weighted by atomic mass is 16.5. The van der Waals surface area contributed by atoms with Crippen LogP contribution in [0.1, 0.15) is 43.7 Å². The molecule has 0 spiro atoms.